The number of aromatic nitrogens is 1. The van der Waals surface area contributed by atoms with Gasteiger partial charge in [0.05, 0.1) is 12.5 Å². The van der Waals surface area contributed by atoms with Gasteiger partial charge in [0.25, 0.3) is 0 Å². The topological polar surface area (TPSA) is 53.5 Å². The Balaban J connectivity index is 1.55. The fraction of sp³-hybridized carbons (Fsp3) is 0.458. The van der Waals surface area contributed by atoms with Crippen LogP contribution in [0.1, 0.15) is 42.6 Å². The maximum absolute atomic E-state index is 12.9. The van der Waals surface area contributed by atoms with Crippen LogP contribution >= 0.6 is 0 Å². The summed E-state index contributed by atoms with van der Waals surface area (Å²) >= 11 is 0. The predicted octanol–water partition coefficient (Wildman–Crippen LogP) is 3.39. The molecule has 1 aromatic heterocycles. The summed E-state index contributed by atoms with van der Waals surface area (Å²) in [5, 5.41) is 0. The number of pyridine rings is 1. The Morgan fingerprint density at radius 3 is 2.55 bits per heavy atom. The van der Waals surface area contributed by atoms with Gasteiger partial charge in [-0.2, -0.15) is 0 Å². The van der Waals surface area contributed by atoms with Crippen LogP contribution in [0.25, 0.3) is 0 Å². The van der Waals surface area contributed by atoms with E-state index >= 15 is 0 Å². The molecule has 5 nitrogen and oxygen atoms in total. The number of carbonyl (C=O) groups excluding carboxylic acids is 2. The summed E-state index contributed by atoms with van der Waals surface area (Å²) in [5.74, 6) is 1.01. The molecule has 2 aliphatic rings. The quantitative estimate of drug-likeness (QED) is 0.785. The fourth-order valence-corrected chi connectivity index (χ4v) is 4.95. The summed E-state index contributed by atoms with van der Waals surface area (Å²) in [6.07, 6.45) is 3.52. The first kappa shape index (κ1) is 19.6. The zero-order chi connectivity index (χ0) is 20.4. The number of fused-ring (bicyclic) bond motifs is 1. The van der Waals surface area contributed by atoms with E-state index in [9.17, 15) is 9.59 Å². The Labute approximate surface area is 172 Å². The van der Waals surface area contributed by atoms with Gasteiger partial charge in [-0.25, -0.2) is 0 Å². The molecule has 0 N–H and O–H groups in total. The number of carbonyl (C=O) groups is 2. The van der Waals surface area contributed by atoms with E-state index < -0.39 is 0 Å². The smallest absolute Gasteiger partial charge is 0.228 e. The highest BCUT2D eigenvalue weighted by Gasteiger charge is 2.50. The summed E-state index contributed by atoms with van der Waals surface area (Å²) in [7, 11) is 0. The number of rotatable bonds is 5. The van der Waals surface area contributed by atoms with Crippen molar-refractivity contribution in [2.45, 2.75) is 39.2 Å². The molecule has 29 heavy (non-hydrogen) atoms. The molecule has 2 aromatic rings. The van der Waals surface area contributed by atoms with Crippen molar-refractivity contribution >= 4 is 11.8 Å². The normalized spacial score (nSPS) is 23.3. The van der Waals surface area contributed by atoms with Crippen LogP contribution in [0.2, 0.25) is 0 Å². The Kier molecular flexibility index (Phi) is 5.65. The zero-order valence-corrected chi connectivity index (χ0v) is 17.3. The molecule has 2 fully saturated rings. The van der Waals surface area contributed by atoms with Crippen LogP contribution in [0.4, 0.5) is 0 Å². The number of amides is 2. The van der Waals surface area contributed by atoms with E-state index in [1.165, 1.54) is 11.1 Å². The van der Waals surface area contributed by atoms with Gasteiger partial charge in [-0.05, 0) is 36.6 Å². The van der Waals surface area contributed by atoms with Crippen LogP contribution in [0.15, 0.2) is 48.7 Å². The minimum absolute atomic E-state index is 0.0629. The summed E-state index contributed by atoms with van der Waals surface area (Å²) in [4.78, 5) is 34.1. The molecule has 0 radical (unpaired) electrons. The molecular weight excluding hydrogens is 362 g/mol. The Morgan fingerprint density at radius 1 is 1.03 bits per heavy atom. The van der Waals surface area contributed by atoms with E-state index in [1.807, 2.05) is 29.2 Å². The SMILES string of the molecule is CCCC(=O)N1C[C@@H]2CN(C(=O)Cc3ccccn3)C[C@@H]2[C@@H]1c1ccccc1C. The minimum atomic E-state index is 0.0629. The van der Waals surface area contributed by atoms with Gasteiger partial charge < -0.3 is 9.80 Å². The van der Waals surface area contributed by atoms with Gasteiger partial charge in [0.1, 0.15) is 0 Å². The average Bonchev–Trinajstić information content (AvgIpc) is 3.28. The van der Waals surface area contributed by atoms with Crippen molar-refractivity contribution in [1.82, 2.24) is 14.8 Å². The highest BCUT2D eigenvalue weighted by atomic mass is 16.2. The Hall–Kier alpha value is -2.69. The van der Waals surface area contributed by atoms with Crippen molar-refractivity contribution < 1.29 is 9.59 Å². The molecule has 2 saturated heterocycles. The standard InChI is InChI=1S/C24H29N3O2/c1-3-8-22(28)27-15-18-14-26(23(29)13-19-10-6-7-12-25-19)16-21(18)24(27)20-11-5-4-9-17(20)2/h4-7,9-12,18,21,24H,3,8,13-16H2,1-2H3/t18-,21-,24-/m0/s1. The van der Waals surface area contributed by atoms with Gasteiger partial charge in [-0.15, -0.1) is 0 Å². The molecule has 0 aliphatic carbocycles. The second-order valence-corrected chi connectivity index (χ2v) is 8.32. The third-order valence-electron chi connectivity index (χ3n) is 6.37. The molecule has 3 heterocycles. The molecule has 1 aromatic carbocycles. The molecule has 2 amide bonds. The van der Waals surface area contributed by atoms with Crippen LogP contribution in [0, 0.1) is 18.8 Å². The first-order chi connectivity index (χ1) is 14.1. The van der Waals surface area contributed by atoms with E-state index in [4.69, 9.17) is 0 Å². The van der Waals surface area contributed by atoms with E-state index in [1.54, 1.807) is 6.20 Å². The van der Waals surface area contributed by atoms with E-state index in [0.29, 0.717) is 31.2 Å². The molecule has 5 heteroatoms. The van der Waals surface area contributed by atoms with Gasteiger partial charge in [-0.3, -0.25) is 14.6 Å². The van der Waals surface area contributed by atoms with Crippen LogP contribution in [0.3, 0.4) is 0 Å². The molecule has 0 saturated carbocycles. The number of benzene rings is 1. The summed E-state index contributed by atoms with van der Waals surface area (Å²) in [6.45, 7) is 6.36. The number of hydrogen-bond acceptors (Lipinski definition) is 3. The van der Waals surface area contributed by atoms with Gasteiger partial charge >= 0.3 is 0 Å². The lowest BCUT2D eigenvalue weighted by molar-refractivity contribution is -0.133. The maximum Gasteiger partial charge on any atom is 0.228 e. The highest BCUT2D eigenvalue weighted by Crippen LogP contribution is 2.46. The first-order valence-electron chi connectivity index (χ1n) is 10.6. The van der Waals surface area contributed by atoms with Crippen LogP contribution < -0.4 is 0 Å². The van der Waals surface area contributed by atoms with E-state index in [-0.39, 0.29) is 17.9 Å². The number of nitrogens with zero attached hydrogens (tertiary/aromatic N) is 3. The van der Waals surface area contributed by atoms with Crippen molar-refractivity contribution in [2.75, 3.05) is 19.6 Å². The summed E-state index contributed by atoms with van der Waals surface area (Å²) in [5.41, 5.74) is 3.25. The summed E-state index contributed by atoms with van der Waals surface area (Å²) < 4.78 is 0. The molecule has 0 spiro atoms. The van der Waals surface area contributed by atoms with Gasteiger partial charge in [0.15, 0.2) is 0 Å². The zero-order valence-electron chi connectivity index (χ0n) is 17.3. The van der Waals surface area contributed by atoms with Crippen molar-refractivity contribution in [3.63, 3.8) is 0 Å². The largest absolute Gasteiger partial charge is 0.342 e. The maximum atomic E-state index is 12.9. The fourth-order valence-electron chi connectivity index (χ4n) is 4.95. The Morgan fingerprint density at radius 2 is 1.83 bits per heavy atom. The van der Waals surface area contributed by atoms with Crippen molar-refractivity contribution in [3.05, 3.63) is 65.5 Å². The molecule has 152 valence electrons. The average molecular weight is 392 g/mol. The van der Waals surface area contributed by atoms with E-state index in [0.717, 1.165) is 25.2 Å². The predicted molar refractivity (Wildman–Crippen MR) is 112 cm³/mol. The van der Waals surface area contributed by atoms with Crippen LogP contribution in [-0.2, 0) is 16.0 Å². The summed E-state index contributed by atoms with van der Waals surface area (Å²) in [6, 6.07) is 14.1. The van der Waals surface area contributed by atoms with Crippen LogP contribution in [-0.4, -0.2) is 46.2 Å². The molecular formula is C24H29N3O2. The highest BCUT2D eigenvalue weighted by molar-refractivity contribution is 5.79. The number of aryl methyl sites for hydroxylation is 1. The van der Waals surface area contributed by atoms with Crippen LogP contribution in [0.5, 0.6) is 0 Å². The molecule has 0 bridgehead atoms. The lowest BCUT2D eigenvalue weighted by atomic mass is 9.87. The third-order valence-corrected chi connectivity index (χ3v) is 6.37. The molecule has 0 unspecified atom stereocenters. The number of likely N-dealkylation sites (tertiary alicyclic amines) is 2. The second kappa shape index (κ2) is 8.36. The third kappa shape index (κ3) is 3.91. The van der Waals surface area contributed by atoms with Crippen molar-refractivity contribution in [3.8, 4) is 0 Å². The Bertz CT molecular complexity index is 883. The van der Waals surface area contributed by atoms with Crippen molar-refractivity contribution in [1.29, 1.82) is 0 Å². The minimum Gasteiger partial charge on any atom is -0.342 e. The first-order valence-corrected chi connectivity index (χ1v) is 10.6. The molecule has 3 atom stereocenters. The molecule has 2 aliphatic heterocycles. The molecule has 4 rings (SSSR count). The van der Waals surface area contributed by atoms with E-state index in [2.05, 4.69) is 41.9 Å². The number of hydrogen-bond donors (Lipinski definition) is 0. The lowest BCUT2D eigenvalue weighted by Gasteiger charge is -2.31. The van der Waals surface area contributed by atoms with Gasteiger partial charge in [0, 0.05) is 49.8 Å². The second-order valence-electron chi connectivity index (χ2n) is 8.32. The lowest BCUT2D eigenvalue weighted by Crippen LogP contribution is -2.38. The van der Waals surface area contributed by atoms with Gasteiger partial charge in [-0.1, -0.05) is 37.3 Å². The van der Waals surface area contributed by atoms with Gasteiger partial charge in [0.2, 0.25) is 11.8 Å². The monoisotopic (exact) mass is 391 g/mol. The van der Waals surface area contributed by atoms with Crippen molar-refractivity contribution in [2.24, 2.45) is 11.8 Å².